The molecule has 0 radical (unpaired) electrons. The number of halogens is 1. The zero-order valence-corrected chi connectivity index (χ0v) is 10.3. The first-order valence-electron chi connectivity index (χ1n) is 4.60. The Bertz CT molecular complexity index is 90.6. The Morgan fingerprint density at radius 2 is 2.08 bits per heavy atom. The monoisotopic (exact) mass is 285 g/mol. The molecule has 0 aliphatic rings. The van der Waals surface area contributed by atoms with Crippen molar-refractivity contribution in [3.05, 3.63) is 0 Å². The van der Waals surface area contributed by atoms with Gasteiger partial charge in [-0.3, -0.25) is 0 Å². The van der Waals surface area contributed by atoms with Crippen LogP contribution in [0.25, 0.3) is 0 Å². The quantitative estimate of drug-likeness (QED) is 0.419. The molecule has 12 heavy (non-hydrogen) atoms. The number of hydrogen-bond acceptors (Lipinski definition) is 2. The predicted octanol–water partition coefficient (Wildman–Crippen LogP) is 2.22. The lowest BCUT2D eigenvalue weighted by atomic mass is 10.2. The molecule has 0 bridgehead atoms. The lowest BCUT2D eigenvalue weighted by Crippen LogP contribution is -2.26. The van der Waals surface area contributed by atoms with Gasteiger partial charge in [-0.1, -0.05) is 29.0 Å². The van der Waals surface area contributed by atoms with E-state index in [0.717, 1.165) is 13.1 Å². The summed E-state index contributed by atoms with van der Waals surface area (Å²) in [4.78, 5) is 0. The highest BCUT2D eigenvalue weighted by atomic mass is 127. The van der Waals surface area contributed by atoms with Gasteiger partial charge in [0.1, 0.15) is 0 Å². The van der Waals surface area contributed by atoms with Crippen LogP contribution in [-0.2, 0) is 4.74 Å². The molecule has 1 unspecified atom stereocenters. The molecule has 0 spiro atoms. The van der Waals surface area contributed by atoms with E-state index in [0.29, 0.717) is 6.10 Å². The predicted molar refractivity (Wildman–Crippen MR) is 62.1 cm³/mol. The summed E-state index contributed by atoms with van der Waals surface area (Å²) in [7, 11) is 1.75. The van der Waals surface area contributed by atoms with Gasteiger partial charge in [-0.15, -0.1) is 0 Å². The molecule has 0 rings (SSSR count). The lowest BCUT2D eigenvalue weighted by Gasteiger charge is -2.09. The van der Waals surface area contributed by atoms with E-state index in [4.69, 9.17) is 4.74 Å². The molecule has 0 fully saturated rings. The first-order chi connectivity index (χ1) is 5.81. The van der Waals surface area contributed by atoms with Gasteiger partial charge < -0.3 is 10.1 Å². The van der Waals surface area contributed by atoms with Gasteiger partial charge in [0.25, 0.3) is 0 Å². The maximum atomic E-state index is 5.11. The summed E-state index contributed by atoms with van der Waals surface area (Å²) in [6.45, 7) is 4.18. The van der Waals surface area contributed by atoms with Gasteiger partial charge in [-0.25, -0.2) is 0 Å². The van der Waals surface area contributed by atoms with E-state index < -0.39 is 0 Å². The summed E-state index contributed by atoms with van der Waals surface area (Å²) in [5.74, 6) is 0. The molecule has 0 heterocycles. The molecule has 0 aromatic carbocycles. The molecular weight excluding hydrogens is 265 g/mol. The van der Waals surface area contributed by atoms with Gasteiger partial charge in [0, 0.05) is 13.7 Å². The molecule has 1 N–H and O–H groups in total. The van der Waals surface area contributed by atoms with Crippen molar-refractivity contribution in [3.8, 4) is 0 Å². The van der Waals surface area contributed by atoms with Gasteiger partial charge in [0.2, 0.25) is 0 Å². The van der Waals surface area contributed by atoms with E-state index in [9.17, 15) is 0 Å². The maximum Gasteiger partial charge on any atom is 0.0667 e. The van der Waals surface area contributed by atoms with Crippen molar-refractivity contribution < 1.29 is 4.74 Å². The number of rotatable bonds is 8. The largest absolute Gasteiger partial charge is 0.380 e. The summed E-state index contributed by atoms with van der Waals surface area (Å²) in [6, 6.07) is 0. The Morgan fingerprint density at radius 1 is 1.33 bits per heavy atom. The normalized spacial score (nSPS) is 13.2. The van der Waals surface area contributed by atoms with Crippen LogP contribution in [-0.4, -0.2) is 30.7 Å². The number of ether oxygens (including phenoxy) is 1. The molecule has 0 amide bonds. The molecule has 0 aliphatic heterocycles. The van der Waals surface area contributed by atoms with Crippen molar-refractivity contribution in [2.45, 2.75) is 32.3 Å². The highest BCUT2D eigenvalue weighted by Crippen LogP contribution is 1.97. The molecule has 0 aliphatic carbocycles. The smallest absolute Gasteiger partial charge is 0.0667 e. The Morgan fingerprint density at radius 3 is 2.67 bits per heavy atom. The number of nitrogens with one attached hydrogen (secondary N) is 1. The number of unbranched alkanes of at least 4 members (excludes halogenated alkanes) is 2. The molecule has 0 aromatic heterocycles. The van der Waals surface area contributed by atoms with Crippen molar-refractivity contribution >= 4 is 22.6 Å². The highest BCUT2D eigenvalue weighted by molar-refractivity contribution is 14.1. The average Bonchev–Trinajstić information content (AvgIpc) is 2.10. The van der Waals surface area contributed by atoms with Gasteiger partial charge in [-0.2, -0.15) is 0 Å². The van der Waals surface area contributed by atoms with Crippen molar-refractivity contribution in [2.75, 3.05) is 24.6 Å². The summed E-state index contributed by atoms with van der Waals surface area (Å²) < 4.78 is 6.40. The molecule has 0 aromatic rings. The number of hydrogen-bond donors (Lipinski definition) is 1. The van der Waals surface area contributed by atoms with E-state index in [1.54, 1.807) is 7.11 Å². The zero-order chi connectivity index (χ0) is 9.23. The minimum atomic E-state index is 0.342. The maximum absolute atomic E-state index is 5.11. The van der Waals surface area contributed by atoms with Crippen LogP contribution in [0.15, 0.2) is 0 Å². The van der Waals surface area contributed by atoms with Crippen LogP contribution < -0.4 is 5.32 Å². The third-order valence-corrected chi connectivity index (χ3v) is 2.58. The van der Waals surface area contributed by atoms with Crippen molar-refractivity contribution in [3.63, 3.8) is 0 Å². The van der Waals surface area contributed by atoms with Crippen LogP contribution in [0, 0.1) is 0 Å². The topological polar surface area (TPSA) is 21.3 Å². The number of methoxy groups -OCH3 is 1. The second-order valence-corrected chi connectivity index (χ2v) is 4.08. The van der Waals surface area contributed by atoms with E-state index in [2.05, 4.69) is 34.8 Å². The van der Waals surface area contributed by atoms with Crippen LogP contribution >= 0.6 is 22.6 Å². The summed E-state index contributed by atoms with van der Waals surface area (Å²) in [6.07, 6.45) is 4.33. The Balaban J connectivity index is 2.90. The average molecular weight is 285 g/mol. The van der Waals surface area contributed by atoms with E-state index >= 15 is 0 Å². The summed E-state index contributed by atoms with van der Waals surface area (Å²) in [5.41, 5.74) is 0. The van der Waals surface area contributed by atoms with Crippen LogP contribution in [0.3, 0.4) is 0 Å². The SMILES string of the molecule is COC(C)CNCCCCCI. The van der Waals surface area contributed by atoms with Gasteiger partial charge in [0.15, 0.2) is 0 Å². The van der Waals surface area contributed by atoms with Crippen molar-refractivity contribution in [1.82, 2.24) is 5.32 Å². The molecule has 0 saturated carbocycles. The van der Waals surface area contributed by atoms with Crippen LogP contribution in [0.1, 0.15) is 26.2 Å². The summed E-state index contributed by atoms with van der Waals surface area (Å²) >= 11 is 2.42. The second kappa shape index (κ2) is 9.74. The van der Waals surface area contributed by atoms with E-state index in [1.165, 1.54) is 23.7 Å². The Labute approximate surface area is 89.6 Å². The fourth-order valence-electron chi connectivity index (χ4n) is 0.910. The van der Waals surface area contributed by atoms with Crippen LogP contribution in [0.5, 0.6) is 0 Å². The van der Waals surface area contributed by atoms with E-state index in [-0.39, 0.29) is 0 Å². The van der Waals surface area contributed by atoms with Crippen LogP contribution in [0.2, 0.25) is 0 Å². The van der Waals surface area contributed by atoms with Gasteiger partial charge >= 0.3 is 0 Å². The standard InChI is InChI=1S/C9H20INO/c1-9(12-2)8-11-7-5-3-4-6-10/h9,11H,3-8H2,1-2H3. The van der Waals surface area contributed by atoms with Crippen LogP contribution in [0.4, 0.5) is 0 Å². The lowest BCUT2D eigenvalue weighted by molar-refractivity contribution is 0.117. The minimum absolute atomic E-state index is 0.342. The van der Waals surface area contributed by atoms with E-state index in [1.807, 2.05) is 0 Å². The molecule has 3 heteroatoms. The zero-order valence-electron chi connectivity index (χ0n) is 8.11. The first kappa shape index (κ1) is 12.7. The number of alkyl halides is 1. The highest BCUT2D eigenvalue weighted by Gasteiger charge is 1.96. The fraction of sp³-hybridized carbons (Fsp3) is 1.00. The van der Waals surface area contributed by atoms with Gasteiger partial charge in [0.05, 0.1) is 6.10 Å². The summed E-state index contributed by atoms with van der Waals surface area (Å²) in [5, 5.41) is 3.37. The first-order valence-corrected chi connectivity index (χ1v) is 6.13. The fourth-order valence-corrected chi connectivity index (χ4v) is 1.45. The second-order valence-electron chi connectivity index (χ2n) is 3.00. The third kappa shape index (κ3) is 8.74. The van der Waals surface area contributed by atoms with Crippen molar-refractivity contribution in [2.24, 2.45) is 0 Å². The molecule has 1 atom stereocenters. The Kier molecular flexibility index (Phi) is 10.3. The molecular formula is C9H20INO. The Hall–Kier alpha value is 0.650. The molecule has 2 nitrogen and oxygen atoms in total. The third-order valence-electron chi connectivity index (χ3n) is 1.82. The molecule has 0 saturated heterocycles. The van der Waals surface area contributed by atoms with Crippen molar-refractivity contribution in [1.29, 1.82) is 0 Å². The minimum Gasteiger partial charge on any atom is -0.380 e. The molecule has 74 valence electrons. The van der Waals surface area contributed by atoms with Gasteiger partial charge in [-0.05, 0) is 30.7 Å².